The summed E-state index contributed by atoms with van der Waals surface area (Å²) in [5.41, 5.74) is 6.45. The first-order valence-corrected chi connectivity index (χ1v) is 10.0. The number of halogens is 1. The van der Waals surface area contributed by atoms with E-state index < -0.39 is 0 Å². The number of rotatable bonds is 3. The number of hydrogen-bond donors (Lipinski definition) is 0. The molecule has 1 aliphatic carbocycles. The quantitative estimate of drug-likeness (QED) is 0.498. The summed E-state index contributed by atoms with van der Waals surface area (Å²) in [4.78, 5) is 29.2. The highest BCUT2D eigenvalue weighted by atomic mass is 19.1. The van der Waals surface area contributed by atoms with Crippen molar-refractivity contribution in [1.82, 2.24) is 9.55 Å². The molecule has 2 aliphatic rings. The summed E-state index contributed by atoms with van der Waals surface area (Å²) in [7, 11) is 0. The third kappa shape index (κ3) is 2.62. The first kappa shape index (κ1) is 18.0. The van der Waals surface area contributed by atoms with Crippen LogP contribution in [0.2, 0.25) is 0 Å². The molecule has 0 bridgehead atoms. The van der Waals surface area contributed by atoms with Crippen molar-refractivity contribution in [1.29, 1.82) is 0 Å². The van der Waals surface area contributed by atoms with Crippen molar-refractivity contribution in [2.45, 2.75) is 52.7 Å². The van der Waals surface area contributed by atoms with Crippen LogP contribution in [-0.2, 0) is 35.5 Å². The first-order chi connectivity index (χ1) is 14.0. The highest BCUT2D eigenvalue weighted by Gasteiger charge is 2.29. The van der Waals surface area contributed by atoms with Gasteiger partial charge in [0.05, 0.1) is 29.0 Å². The number of ether oxygens (including phenoxy) is 1. The molecule has 0 atom stereocenters. The van der Waals surface area contributed by atoms with Gasteiger partial charge >= 0.3 is 5.97 Å². The van der Waals surface area contributed by atoms with Gasteiger partial charge in [-0.1, -0.05) is 6.92 Å². The molecule has 0 radical (unpaired) electrons. The predicted octanol–water partition coefficient (Wildman–Crippen LogP) is 3.81. The molecule has 29 heavy (non-hydrogen) atoms. The number of benzene rings is 1. The van der Waals surface area contributed by atoms with E-state index in [2.05, 4.69) is 0 Å². The molecule has 0 spiro atoms. The molecule has 5 nitrogen and oxygen atoms in total. The molecule has 0 amide bonds. The maximum absolute atomic E-state index is 14.5. The first-order valence-electron chi connectivity index (χ1n) is 10.0. The smallest absolute Gasteiger partial charge is 0.305 e. The van der Waals surface area contributed by atoms with E-state index in [-0.39, 0.29) is 30.4 Å². The Labute approximate surface area is 167 Å². The van der Waals surface area contributed by atoms with E-state index in [1.54, 1.807) is 17.6 Å². The Morgan fingerprint density at radius 1 is 1.24 bits per heavy atom. The second kappa shape index (κ2) is 6.51. The summed E-state index contributed by atoms with van der Waals surface area (Å²) in [5, 5.41) is 1.06. The van der Waals surface area contributed by atoms with Crippen LogP contribution in [0.3, 0.4) is 0 Å². The molecule has 2 aromatic heterocycles. The Bertz CT molecular complexity index is 1260. The van der Waals surface area contributed by atoms with Crippen LogP contribution in [0.1, 0.15) is 47.6 Å². The molecule has 0 fully saturated rings. The number of aryl methyl sites for hydroxylation is 2. The van der Waals surface area contributed by atoms with Gasteiger partial charge in [0.25, 0.3) is 5.56 Å². The number of pyridine rings is 2. The van der Waals surface area contributed by atoms with Gasteiger partial charge in [0.2, 0.25) is 0 Å². The minimum atomic E-state index is -0.333. The van der Waals surface area contributed by atoms with Crippen LogP contribution in [0.25, 0.3) is 22.3 Å². The minimum absolute atomic E-state index is 0.0288. The molecule has 0 saturated carbocycles. The maximum atomic E-state index is 14.5. The third-order valence-electron chi connectivity index (χ3n) is 6.16. The number of nitrogens with zero attached hydrogens (tertiary/aromatic N) is 2. The topological polar surface area (TPSA) is 61.2 Å². The monoisotopic (exact) mass is 392 g/mol. The summed E-state index contributed by atoms with van der Waals surface area (Å²) in [6.45, 7) is 3.97. The van der Waals surface area contributed by atoms with Gasteiger partial charge in [0.1, 0.15) is 12.4 Å². The Kier molecular flexibility index (Phi) is 4.05. The van der Waals surface area contributed by atoms with Gasteiger partial charge in [-0.05, 0) is 55.0 Å². The van der Waals surface area contributed by atoms with E-state index in [0.29, 0.717) is 23.2 Å². The lowest BCUT2D eigenvalue weighted by Crippen LogP contribution is -2.23. The molecule has 1 aromatic carbocycles. The van der Waals surface area contributed by atoms with E-state index in [1.807, 2.05) is 13.0 Å². The average Bonchev–Trinajstić information content (AvgIpc) is 3.11. The lowest BCUT2D eigenvalue weighted by molar-refractivity contribution is -0.144. The summed E-state index contributed by atoms with van der Waals surface area (Å²) in [6.07, 6.45) is 3.00. The van der Waals surface area contributed by atoms with Crippen molar-refractivity contribution in [2.24, 2.45) is 0 Å². The van der Waals surface area contributed by atoms with E-state index >= 15 is 0 Å². The summed E-state index contributed by atoms with van der Waals surface area (Å²) in [6, 6.07) is 5.07. The van der Waals surface area contributed by atoms with Gasteiger partial charge in [0.15, 0.2) is 0 Å². The normalized spacial score (nSPS) is 14.0. The molecule has 3 aromatic rings. The van der Waals surface area contributed by atoms with Crippen molar-refractivity contribution in [3.05, 3.63) is 62.2 Å². The van der Waals surface area contributed by atoms with E-state index in [1.165, 1.54) is 11.6 Å². The van der Waals surface area contributed by atoms with Crippen LogP contribution >= 0.6 is 0 Å². The number of carbonyl (C=O) groups excluding carboxylic acids is 1. The van der Waals surface area contributed by atoms with Gasteiger partial charge in [-0.15, -0.1) is 0 Å². The van der Waals surface area contributed by atoms with Crippen molar-refractivity contribution < 1.29 is 13.9 Å². The largest absolute Gasteiger partial charge is 0.461 e. The molecule has 3 heterocycles. The number of fused-ring (bicyclic) bond motifs is 4. The number of esters is 1. The molecule has 1 aliphatic heterocycles. The average molecular weight is 392 g/mol. The van der Waals surface area contributed by atoms with Gasteiger partial charge in [0, 0.05) is 23.4 Å². The van der Waals surface area contributed by atoms with Crippen molar-refractivity contribution in [3.8, 4) is 11.4 Å². The summed E-state index contributed by atoms with van der Waals surface area (Å²) in [5.74, 6) is -0.559. The highest BCUT2D eigenvalue weighted by molar-refractivity contribution is 5.92. The van der Waals surface area contributed by atoms with Gasteiger partial charge in [-0.2, -0.15) is 0 Å². The van der Waals surface area contributed by atoms with Crippen LogP contribution in [0.4, 0.5) is 4.39 Å². The van der Waals surface area contributed by atoms with Crippen molar-refractivity contribution >= 4 is 16.9 Å². The number of carbonyl (C=O) groups is 1. The standard InChI is InChI=1S/C23H21FN2O3/c1-3-20(27)29-11-13-7-8-19-22-16(10-26(19)23(13)28)15-6-4-5-14-12(2)17(24)9-18(25-22)21(14)15/h7-9H,3-6,10-11H2,1-2H3. The SMILES string of the molecule is CCC(=O)OCc1ccc2n(c1=O)Cc1c-2nc2cc(F)c(C)c3c2c1CCC3. The van der Waals surface area contributed by atoms with Crippen LogP contribution in [-0.4, -0.2) is 15.5 Å². The Morgan fingerprint density at radius 3 is 2.83 bits per heavy atom. The molecular weight excluding hydrogens is 371 g/mol. The van der Waals surface area contributed by atoms with Crippen molar-refractivity contribution in [2.75, 3.05) is 0 Å². The zero-order valence-electron chi connectivity index (χ0n) is 16.5. The van der Waals surface area contributed by atoms with Crippen LogP contribution in [0.5, 0.6) is 0 Å². The Balaban J connectivity index is 1.67. The lowest BCUT2D eigenvalue weighted by atomic mass is 9.85. The second-order valence-electron chi connectivity index (χ2n) is 7.78. The molecule has 0 saturated heterocycles. The zero-order valence-corrected chi connectivity index (χ0v) is 16.5. The van der Waals surface area contributed by atoms with E-state index in [9.17, 15) is 14.0 Å². The van der Waals surface area contributed by atoms with Crippen LogP contribution in [0, 0.1) is 12.7 Å². The Morgan fingerprint density at radius 2 is 2.03 bits per heavy atom. The zero-order chi connectivity index (χ0) is 20.3. The van der Waals surface area contributed by atoms with E-state index in [4.69, 9.17) is 9.72 Å². The molecule has 5 rings (SSSR count). The van der Waals surface area contributed by atoms with Crippen LogP contribution in [0.15, 0.2) is 23.0 Å². The minimum Gasteiger partial charge on any atom is -0.461 e. The highest BCUT2D eigenvalue weighted by Crippen LogP contribution is 2.40. The van der Waals surface area contributed by atoms with Crippen LogP contribution < -0.4 is 5.56 Å². The lowest BCUT2D eigenvalue weighted by Gasteiger charge is -2.21. The van der Waals surface area contributed by atoms with Gasteiger partial charge in [-0.3, -0.25) is 9.59 Å². The fourth-order valence-corrected chi connectivity index (χ4v) is 4.62. The molecule has 6 heteroatoms. The second-order valence-corrected chi connectivity index (χ2v) is 7.78. The Hall–Kier alpha value is -3.02. The fraction of sp³-hybridized carbons (Fsp3) is 0.348. The maximum Gasteiger partial charge on any atom is 0.305 e. The number of aromatic nitrogens is 2. The van der Waals surface area contributed by atoms with Gasteiger partial charge < -0.3 is 9.30 Å². The fourth-order valence-electron chi connectivity index (χ4n) is 4.62. The third-order valence-corrected chi connectivity index (χ3v) is 6.16. The molecule has 148 valence electrons. The molecular formula is C23H21FN2O3. The molecule has 0 N–H and O–H groups in total. The van der Waals surface area contributed by atoms with E-state index in [0.717, 1.165) is 47.2 Å². The van der Waals surface area contributed by atoms with Gasteiger partial charge in [-0.25, -0.2) is 9.37 Å². The summed E-state index contributed by atoms with van der Waals surface area (Å²) >= 11 is 0. The molecule has 0 unspecified atom stereocenters. The van der Waals surface area contributed by atoms with Crippen molar-refractivity contribution in [3.63, 3.8) is 0 Å². The number of hydrogen-bond acceptors (Lipinski definition) is 4. The predicted molar refractivity (Wildman–Crippen MR) is 107 cm³/mol. The summed E-state index contributed by atoms with van der Waals surface area (Å²) < 4.78 is 21.3.